The fraction of sp³-hybridized carbons (Fsp3) is 0.267. The minimum atomic E-state index is -0.179. The quantitative estimate of drug-likeness (QED) is 0.859. The molecule has 0 aliphatic rings. The first-order valence-electron chi connectivity index (χ1n) is 6.55. The van der Waals surface area contributed by atoms with E-state index >= 15 is 0 Å². The van der Waals surface area contributed by atoms with Crippen LogP contribution in [0.3, 0.4) is 0 Å². The molecule has 0 unspecified atom stereocenters. The summed E-state index contributed by atoms with van der Waals surface area (Å²) in [6.45, 7) is 0.492. The lowest BCUT2D eigenvalue weighted by molar-refractivity contribution is -0.123. The average molecular weight is 284 g/mol. The molecule has 6 heteroatoms. The fourth-order valence-electron chi connectivity index (χ4n) is 1.80. The zero-order valence-electron chi connectivity index (χ0n) is 11.7. The Morgan fingerprint density at radius 1 is 1.38 bits per heavy atom. The zero-order valence-corrected chi connectivity index (χ0v) is 11.7. The zero-order chi connectivity index (χ0) is 15.1. The van der Waals surface area contributed by atoms with Crippen molar-refractivity contribution in [3.63, 3.8) is 0 Å². The number of hydrogen-bond donors (Lipinski definition) is 1. The van der Waals surface area contributed by atoms with Gasteiger partial charge in [-0.1, -0.05) is 0 Å². The third-order valence-electron chi connectivity index (χ3n) is 2.98. The maximum Gasteiger partial charge on any atom is 0.257 e. The Labute approximate surface area is 123 Å². The minimum Gasteiger partial charge on any atom is -0.484 e. The van der Waals surface area contributed by atoms with Gasteiger partial charge in [-0.3, -0.25) is 9.48 Å². The highest BCUT2D eigenvalue weighted by Gasteiger charge is 2.04. The van der Waals surface area contributed by atoms with E-state index in [0.717, 1.165) is 12.1 Å². The van der Waals surface area contributed by atoms with Crippen LogP contribution in [-0.4, -0.2) is 28.8 Å². The third kappa shape index (κ3) is 4.35. The van der Waals surface area contributed by atoms with Gasteiger partial charge in [0.2, 0.25) is 0 Å². The van der Waals surface area contributed by atoms with E-state index in [0.29, 0.717) is 17.9 Å². The topological polar surface area (TPSA) is 79.9 Å². The highest BCUT2D eigenvalue weighted by atomic mass is 16.5. The highest BCUT2D eigenvalue weighted by Crippen LogP contribution is 2.11. The van der Waals surface area contributed by atoms with Crippen molar-refractivity contribution in [1.82, 2.24) is 15.1 Å². The molecule has 1 heterocycles. The van der Waals surface area contributed by atoms with Crippen LogP contribution in [0.4, 0.5) is 0 Å². The van der Waals surface area contributed by atoms with E-state index in [1.807, 2.05) is 19.2 Å². The number of carbonyl (C=O) groups excluding carboxylic acids is 1. The van der Waals surface area contributed by atoms with Crippen molar-refractivity contribution in [1.29, 1.82) is 5.26 Å². The number of hydrogen-bond acceptors (Lipinski definition) is 4. The number of rotatable bonds is 6. The van der Waals surface area contributed by atoms with Gasteiger partial charge in [-0.05, 0) is 30.3 Å². The Hall–Kier alpha value is -2.81. The minimum absolute atomic E-state index is 0.0444. The fourth-order valence-corrected chi connectivity index (χ4v) is 1.80. The number of amides is 1. The average Bonchev–Trinajstić information content (AvgIpc) is 2.91. The molecule has 2 aromatic rings. The van der Waals surface area contributed by atoms with Gasteiger partial charge in [0.15, 0.2) is 6.61 Å². The molecule has 0 bridgehead atoms. The standard InChI is InChI=1S/C15H16N4O2/c1-19-13(7-9-18-19)6-8-17-15(20)11-21-14-4-2-12(10-16)3-5-14/h2-5,7,9H,6,8,11H2,1H3,(H,17,20). The van der Waals surface area contributed by atoms with E-state index in [1.54, 1.807) is 35.1 Å². The van der Waals surface area contributed by atoms with E-state index in [2.05, 4.69) is 10.4 Å². The van der Waals surface area contributed by atoms with Crippen molar-refractivity contribution in [2.24, 2.45) is 7.05 Å². The molecule has 0 fully saturated rings. The van der Waals surface area contributed by atoms with E-state index < -0.39 is 0 Å². The van der Waals surface area contributed by atoms with Crippen LogP contribution < -0.4 is 10.1 Å². The summed E-state index contributed by atoms with van der Waals surface area (Å²) in [5, 5.41) is 15.5. The molecule has 108 valence electrons. The van der Waals surface area contributed by atoms with Crippen LogP contribution in [0.2, 0.25) is 0 Å². The number of carbonyl (C=O) groups is 1. The van der Waals surface area contributed by atoms with Gasteiger partial charge in [0, 0.05) is 31.9 Å². The maximum atomic E-state index is 11.6. The molecule has 0 saturated carbocycles. The second-order valence-corrected chi connectivity index (χ2v) is 4.47. The molecule has 0 spiro atoms. The molecular weight excluding hydrogens is 268 g/mol. The van der Waals surface area contributed by atoms with Crippen molar-refractivity contribution < 1.29 is 9.53 Å². The molecule has 1 aromatic carbocycles. The molecule has 0 atom stereocenters. The number of aromatic nitrogens is 2. The first-order chi connectivity index (χ1) is 10.2. The number of nitrogens with zero attached hydrogens (tertiary/aromatic N) is 3. The van der Waals surface area contributed by atoms with Crippen molar-refractivity contribution >= 4 is 5.91 Å². The smallest absolute Gasteiger partial charge is 0.257 e. The van der Waals surface area contributed by atoms with Gasteiger partial charge in [0.1, 0.15) is 5.75 Å². The Bertz CT molecular complexity index is 640. The molecular formula is C15H16N4O2. The molecule has 21 heavy (non-hydrogen) atoms. The second kappa shape index (κ2) is 7.10. The molecule has 0 aliphatic heterocycles. The second-order valence-electron chi connectivity index (χ2n) is 4.47. The van der Waals surface area contributed by atoms with E-state index in [4.69, 9.17) is 10.00 Å². The first-order valence-corrected chi connectivity index (χ1v) is 6.55. The van der Waals surface area contributed by atoms with E-state index in [-0.39, 0.29) is 12.5 Å². The predicted octanol–water partition coefficient (Wildman–Crippen LogP) is 1.03. The van der Waals surface area contributed by atoms with Crippen LogP contribution in [0.15, 0.2) is 36.5 Å². The summed E-state index contributed by atoms with van der Waals surface area (Å²) in [6.07, 6.45) is 2.45. The van der Waals surface area contributed by atoms with Gasteiger partial charge >= 0.3 is 0 Å². The SMILES string of the molecule is Cn1nccc1CCNC(=O)COc1ccc(C#N)cc1. The Morgan fingerprint density at radius 2 is 2.14 bits per heavy atom. The summed E-state index contributed by atoms with van der Waals surface area (Å²) in [6, 6.07) is 10.6. The van der Waals surface area contributed by atoms with Gasteiger partial charge in [-0.2, -0.15) is 10.4 Å². The Morgan fingerprint density at radius 3 is 2.76 bits per heavy atom. The molecule has 1 aromatic heterocycles. The predicted molar refractivity (Wildman–Crippen MR) is 76.6 cm³/mol. The summed E-state index contributed by atoms with van der Waals surface area (Å²) in [4.78, 5) is 11.6. The number of benzene rings is 1. The van der Waals surface area contributed by atoms with Gasteiger partial charge in [0.25, 0.3) is 5.91 Å². The summed E-state index contributed by atoms with van der Waals surface area (Å²) < 4.78 is 7.12. The normalized spacial score (nSPS) is 9.90. The molecule has 1 N–H and O–H groups in total. The summed E-state index contributed by atoms with van der Waals surface area (Å²) >= 11 is 0. The van der Waals surface area contributed by atoms with Crippen LogP contribution in [-0.2, 0) is 18.3 Å². The highest BCUT2D eigenvalue weighted by molar-refractivity contribution is 5.77. The number of nitrogens with one attached hydrogen (secondary N) is 1. The summed E-state index contributed by atoms with van der Waals surface area (Å²) in [5.74, 6) is 0.386. The van der Waals surface area contributed by atoms with Gasteiger partial charge in [0.05, 0.1) is 11.6 Å². The largest absolute Gasteiger partial charge is 0.484 e. The van der Waals surface area contributed by atoms with Gasteiger partial charge in [-0.15, -0.1) is 0 Å². The number of aryl methyl sites for hydroxylation is 1. The molecule has 1 amide bonds. The monoisotopic (exact) mass is 284 g/mol. The maximum absolute atomic E-state index is 11.6. The van der Waals surface area contributed by atoms with Crippen LogP contribution in [0.5, 0.6) is 5.75 Å². The molecule has 0 radical (unpaired) electrons. The van der Waals surface area contributed by atoms with Crippen molar-refractivity contribution in [2.45, 2.75) is 6.42 Å². The molecule has 0 aliphatic carbocycles. The lowest BCUT2D eigenvalue weighted by Crippen LogP contribution is -2.30. The number of nitriles is 1. The van der Waals surface area contributed by atoms with Crippen LogP contribution >= 0.6 is 0 Å². The van der Waals surface area contributed by atoms with Crippen molar-refractivity contribution in [3.8, 4) is 11.8 Å². The number of ether oxygens (including phenoxy) is 1. The van der Waals surface area contributed by atoms with Gasteiger partial charge < -0.3 is 10.1 Å². The van der Waals surface area contributed by atoms with E-state index in [1.165, 1.54) is 0 Å². The van der Waals surface area contributed by atoms with Crippen LogP contribution in [0, 0.1) is 11.3 Å². The molecule has 6 nitrogen and oxygen atoms in total. The van der Waals surface area contributed by atoms with Crippen molar-refractivity contribution in [3.05, 3.63) is 47.8 Å². The summed E-state index contributed by atoms with van der Waals surface area (Å²) in [5.41, 5.74) is 1.62. The lowest BCUT2D eigenvalue weighted by atomic mass is 10.2. The Kier molecular flexibility index (Phi) is 4.94. The van der Waals surface area contributed by atoms with Crippen molar-refractivity contribution in [2.75, 3.05) is 13.2 Å². The van der Waals surface area contributed by atoms with Crippen LogP contribution in [0.25, 0.3) is 0 Å². The van der Waals surface area contributed by atoms with Crippen LogP contribution in [0.1, 0.15) is 11.3 Å². The third-order valence-corrected chi connectivity index (χ3v) is 2.98. The van der Waals surface area contributed by atoms with Gasteiger partial charge in [-0.25, -0.2) is 0 Å². The summed E-state index contributed by atoms with van der Waals surface area (Å²) in [7, 11) is 1.87. The Balaban J connectivity index is 1.70. The molecule has 2 rings (SSSR count). The molecule has 0 saturated heterocycles. The first kappa shape index (κ1) is 14.6. The van der Waals surface area contributed by atoms with E-state index in [9.17, 15) is 4.79 Å². The lowest BCUT2D eigenvalue weighted by Gasteiger charge is -2.07.